The van der Waals surface area contributed by atoms with Gasteiger partial charge in [-0.15, -0.1) is 0 Å². The summed E-state index contributed by atoms with van der Waals surface area (Å²) in [6, 6.07) is 0. The van der Waals surface area contributed by atoms with Crippen LogP contribution < -0.4 is 5.32 Å². The molecule has 0 bridgehead atoms. The minimum Gasteiger partial charge on any atom is -0.322 e. The Morgan fingerprint density at radius 1 is 1.13 bits per heavy atom. The molecule has 1 fully saturated rings. The number of nitrogens with one attached hydrogen (secondary N) is 1. The predicted octanol–water partition coefficient (Wildman–Crippen LogP) is 2.85. The standard InChI is InChI=1S/C30H40N6O2/c1-20-4-9-26(15-25(20)17-31-27-14-24-16-28(21(2)37)34-29(24)32-18-27)33-30(38)23-7-5-22(6-8-23)19-36-12-10-35(3)11-13-36/h4-5,7-9,15,18,20,22,24-25,29H,6,10-14,16-17,19H2,1-3H3,(H,33,38). The van der Waals surface area contributed by atoms with Gasteiger partial charge in [-0.3, -0.25) is 24.6 Å². The molecule has 5 rings (SSSR count). The zero-order valence-corrected chi connectivity index (χ0v) is 22.8. The quantitative estimate of drug-likeness (QED) is 0.564. The summed E-state index contributed by atoms with van der Waals surface area (Å²) in [6.45, 7) is 9.93. The van der Waals surface area contributed by atoms with Crippen LogP contribution in [0.25, 0.3) is 0 Å². The van der Waals surface area contributed by atoms with Gasteiger partial charge in [-0.25, -0.2) is 0 Å². The molecule has 5 atom stereocenters. The van der Waals surface area contributed by atoms with Gasteiger partial charge in [-0.1, -0.05) is 37.3 Å². The summed E-state index contributed by atoms with van der Waals surface area (Å²) in [5.41, 5.74) is 3.19. The van der Waals surface area contributed by atoms with Gasteiger partial charge in [0.25, 0.3) is 5.91 Å². The van der Waals surface area contributed by atoms with E-state index in [1.807, 2.05) is 18.4 Å². The van der Waals surface area contributed by atoms with E-state index in [1.165, 1.54) is 0 Å². The van der Waals surface area contributed by atoms with Crippen molar-refractivity contribution in [2.24, 2.45) is 38.6 Å². The molecule has 0 radical (unpaired) electrons. The van der Waals surface area contributed by atoms with E-state index in [2.05, 4.69) is 63.4 Å². The van der Waals surface area contributed by atoms with Gasteiger partial charge in [0.15, 0.2) is 5.78 Å². The molecule has 2 aliphatic carbocycles. The molecule has 0 aromatic heterocycles. The molecule has 3 aliphatic heterocycles. The number of rotatable bonds is 7. The summed E-state index contributed by atoms with van der Waals surface area (Å²) in [7, 11) is 2.18. The molecule has 5 unspecified atom stereocenters. The minimum absolute atomic E-state index is 0.0422. The first-order valence-electron chi connectivity index (χ1n) is 14.0. The molecule has 1 N–H and O–H groups in total. The van der Waals surface area contributed by atoms with E-state index >= 15 is 0 Å². The van der Waals surface area contributed by atoms with Gasteiger partial charge in [-0.2, -0.15) is 0 Å². The van der Waals surface area contributed by atoms with E-state index in [0.29, 0.717) is 30.5 Å². The van der Waals surface area contributed by atoms with E-state index < -0.39 is 0 Å². The van der Waals surface area contributed by atoms with Crippen molar-refractivity contribution in [3.63, 3.8) is 0 Å². The molecule has 1 saturated heterocycles. The van der Waals surface area contributed by atoms with Crippen molar-refractivity contribution < 1.29 is 9.59 Å². The Bertz CT molecular complexity index is 1150. The van der Waals surface area contributed by atoms with Gasteiger partial charge < -0.3 is 15.1 Å². The Labute approximate surface area is 226 Å². The van der Waals surface area contributed by atoms with E-state index in [9.17, 15) is 9.59 Å². The van der Waals surface area contributed by atoms with Crippen LogP contribution in [0, 0.1) is 23.7 Å². The highest BCUT2D eigenvalue weighted by Crippen LogP contribution is 2.29. The first-order valence-corrected chi connectivity index (χ1v) is 14.0. The summed E-state index contributed by atoms with van der Waals surface area (Å²) < 4.78 is 0. The highest BCUT2D eigenvalue weighted by atomic mass is 16.1. The lowest BCUT2D eigenvalue weighted by Gasteiger charge is -2.34. The summed E-state index contributed by atoms with van der Waals surface area (Å²) >= 11 is 0. The Morgan fingerprint density at radius 2 is 1.95 bits per heavy atom. The Hall–Kier alpha value is -2.97. The average molecular weight is 517 g/mol. The number of nitrogens with zero attached hydrogens (tertiary/aromatic N) is 5. The molecule has 38 heavy (non-hydrogen) atoms. The monoisotopic (exact) mass is 516 g/mol. The second-order valence-corrected chi connectivity index (χ2v) is 11.4. The van der Waals surface area contributed by atoms with Gasteiger partial charge in [0.1, 0.15) is 6.17 Å². The number of allylic oxidation sites excluding steroid dienone is 3. The topological polar surface area (TPSA) is 89.7 Å². The average Bonchev–Trinajstić information content (AvgIpc) is 3.35. The Morgan fingerprint density at radius 3 is 2.68 bits per heavy atom. The summed E-state index contributed by atoms with van der Waals surface area (Å²) in [4.78, 5) is 43.4. The van der Waals surface area contributed by atoms with Gasteiger partial charge in [0, 0.05) is 75.5 Å². The highest BCUT2D eigenvalue weighted by molar-refractivity contribution is 6.40. The molecule has 202 valence electrons. The number of hydrogen-bond donors (Lipinski definition) is 1. The van der Waals surface area contributed by atoms with Crippen LogP contribution in [0.5, 0.6) is 0 Å². The van der Waals surface area contributed by atoms with Crippen LogP contribution in [-0.2, 0) is 9.59 Å². The fourth-order valence-corrected chi connectivity index (χ4v) is 5.72. The fraction of sp³-hybridized carbons (Fsp3) is 0.567. The maximum absolute atomic E-state index is 13.0. The molecule has 0 spiro atoms. The second-order valence-electron chi connectivity index (χ2n) is 11.4. The molecule has 0 aromatic carbocycles. The van der Waals surface area contributed by atoms with Crippen LogP contribution >= 0.6 is 0 Å². The number of hydrogen-bond acceptors (Lipinski definition) is 7. The van der Waals surface area contributed by atoms with Gasteiger partial charge in [0.05, 0.1) is 11.4 Å². The Kier molecular flexibility index (Phi) is 8.29. The number of aliphatic imine (C=N–C) groups is 3. The summed E-state index contributed by atoms with van der Waals surface area (Å²) in [6.07, 6.45) is 16.6. The third kappa shape index (κ3) is 6.53. The van der Waals surface area contributed by atoms with Crippen LogP contribution in [-0.4, -0.2) is 91.6 Å². The van der Waals surface area contributed by atoms with E-state index in [-0.39, 0.29) is 29.7 Å². The van der Waals surface area contributed by atoms with Crippen molar-refractivity contribution >= 4 is 29.3 Å². The molecular weight excluding hydrogens is 476 g/mol. The van der Waals surface area contributed by atoms with Crippen molar-refractivity contribution in [2.45, 2.75) is 39.3 Å². The number of piperazine rings is 1. The number of Topliss-reactive ketones (excluding diaryl/α,β-unsaturated/α-hetero) is 1. The zero-order chi connectivity index (χ0) is 26.6. The Balaban J connectivity index is 1.12. The molecule has 8 nitrogen and oxygen atoms in total. The van der Waals surface area contributed by atoms with E-state index in [0.717, 1.165) is 62.5 Å². The molecule has 0 aromatic rings. The molecule has 1 amide bonds. The second kappa shape index (κ2) is 11.8. The third-order valence-corrected chi connectivity index (χ3v) is 8.37. The maximum Gasteiger partial charge on any atom is 0.255 e. The normalized spacial score (nSPS) is 32.6. The van der Waals surface area contributed by atoms with Crippen molar-refractivity contribution in [1.82, 2.24) is 15.1 Å². The summed E-state index contributed by atoms with van der Waals surface area (Å²) in [5, 5.41) is 3.10. The number of ketones is 1. The van der Waals surface area contributed by atoms with Crippen molar-refractivity contribution in [2.75, 3.05) is 46.3 Å². The first-order chi connectivity index (χ1) is 18.3. The van der Waals surface area contributed by atoms with Crippen LogP contribution in [0.2, 0.25) is 0 Å². The summed E-state index contributed by atoms with van der Waals surface area (Å²) in [5.74, 6) is 1.23. The van der Waals surface area contributed by atoms with Crippen LogP contribution in [0.3, 0.4) is 0 Å². The lowest BCUT2D eigenvalue weighted by Crippen LogP contribution is -2.46. The van der Waals surface area contributed by atoms with Gasteiger partial charge >= 0.3 is 0 Å². The lowest BCUT2D eigenvalue weighted by atomic mass is 9.88. The molecule has 0 saturated carbocycles. The van der Waals surface area contributed by atoms with Crippen LogP contribution in [0.4, 0.5) is 0 Å². The first kappa shape index (κ1) is 26.6. The van der Waals surface area contributed by atoms with Crippen LogP contribution in [0.15, 0.2) is 62.7 Å². The predicted molar refractivity (Wildman–Crippen MR) is 153 cm³/mol. The number of carbonyl (C=O) groups is 2. The number of likely N-dealkylation sites (N-methyl/N-ethyl adjacent to an activating group) is 1. The minimum atomic E-state index is -0.128. The van der Waals surface area contributed by atoms with Crippen molar-refractivity contribution in [3.8, 4) is 0 Å². The molecule has 3 heterocycles. The molecule has 5 aliphatic rings. The lowest BCUT2D eigenvalue weighted by molar-refractivity contribution is -0.116. The number of carbonyl (C=O) groups excluding carboxylic acids is 2. The molecular formula is C30H40N6O2. The SMILES string of the molecule is CC(=O)C1=NC2N=CC(=NCC3C=C(NC(=O)C4=CCC(CN5CCN(C)CC5)C=C4)C=CC3C)CC2C1. The maximum atomic E-state index is 13.0. The highest BCUT2D eigenvalue weighted by Gasteiger charge is 2.33. The fourth-order valence-electron chi connectivity index (χ4n) is 5.72. The largest absolute Gasteiger partial charge is 0.322 e. The van der Waals surface area contributed by atoms with Gasteiger partial charge in [0.2, 0.25) is 0 Å². The smallest absolute Gasteiger partial charge is 0.255 e. The van der Waals surface area contributed by atoms with Crippen molar-refractivity contribution in [1.29, 1.82) is 0 Å². The zero-order valence-electron chi connectivity index (χ0n) is 22.8. The van der Waals surface area contributed by atoms with Crippen LogP contribution in [0.1, 0.15) is 33.1 Å². The molecule has 8 heteroatoms. The van der Waals surface area contributed by atoms with E-state index in [1.54, 1.807) is 6.92 Å². The van der Waals surface area contributed by atoms with Crippen molar-refractivity contribution in [3.05, 3.63) is 47.7 Å². The third-order valence-electron chi connectivity index (χ3n) is 8.37. The number of amides is 1. The van der Waals surface area contributed by atoms with E-state index in [4.69, 9.17) is 4.99 Å². The van der Waals surface area contributed by atoms with Gasteiger partial charge in [-0.05, 0) is 44.2 Å². The number of fused-ring (bicyclic) bond motifs is 1.